The fraction of sp³-hybridized carbons (Fsp3) is 0.455. The smallest absolute Gasteiger partial charge is 0.348 e. The zero-order valence-electron chi connectivity index (χ0n) is 9.53. The molecule has 5 heteroatoms. The van der Waals surface area contributed by atoms with Crippen LogP contribution >= 0.6 is 11.3 Å². The van der Waals surface area contributed by atoms with E-state index in [4.69, 9.17) is 5.11 Å². The Labute approximate surface area is 98.3 Å². The van der Waals surface area contributed by atoms with Gasteiger partial charge in [0.15, 0.2) is 0 Å². The van der Waals surface area contributed by atoms with E-state index in [9.17, 15) is 9.59 Å². The average molecular weight is 241 g/mol. The lowest BCUT2D eigenvalue weighted by molar-refractivity contribution is -0.119. The van der Waals surface area contributed by atoms with Gasteiger partial charge in [-0.3, -0.25) is 4.79 Å². The Balaban J connectivity index is 2.92. The molecule has 16 heavy (non-hydrogen) atoms. The van der Waals surface area contributed by atoms with Crippen LogP contribution in [-0.4, -0.2) is 17.0 Å². The first-order valence-electron chi connectivity index (χ1n) is 5.09. The van der Waals surface area contributed by atoms with Crippen LogP contribution in [0.3, 0.4) is 0 Å². The van der Waals surface area contributed by atoms with Crippen molar-refractivity contribution in [3.8, 4) is 0 Å². The van der Waals surface area contributed by atoms with Crippen LogP contribution in [0.4, 0.5) is 5.69 Å². The van der Waals surface area contributed by atoms with Crippen molar-refractivity contribution in [2.45, 2.75) is 27.2 Å². The Morgan fingerprint density at radius 3 is 2.69 bits per heavy atom. The van der Waals surface area contributed by atoms with Gasteiger partial charge in [0.1, 0.15) is 4.88 Å². The summed E-state index contributed by atoms with van der Waals surface area (Å²) in [7, 11) is 0. The molecule has 0 spiro atoms. The van der Waals surface area contributed by atoms with Gasteiger partial charge in [0.05, 0.1) is 5.69 Å². The molecule has 4 nitrogen and oxygen atoms in total. The molecule has 0 aromatic carbocycles. The molecule has 1 unspecified atom stereocenters. The first-order chi connectivity index (χ1) is 7.47. The van der Waals surface area contributed by atoms with Crippen molar-refractivity contribution in [2.75, 3.05) is 5.32 Å². The van der Waals surface area contributed by atoms with Gasteiger partial charge in [-0.15, -0.1) is 11.3 Å². The molecule has 0 saturated heterocycles. The number of anilines is 1. The van der Waals surface area contributed by atoms with Gasteiger partial charge in [0, 0.05) is 5.92 Å². The van der Waals surface area contributed by atoms with Crippen LogP contribution in [0.5, 0.6) is 0 Å². The molecular formula is C11H15NO3S. The molecular weight excluding hydrogens is 226 g/mol. The Morgan fingerprint density at radius 2 is 2.19 bits per heavy atom. The number of carbonyl (C=O) groups is 2. The Morgan fingerprint density at radius 1 is 1.56 bits per heavy atom. The van der Waals surface area contributed by atoms with Crippen LogP contribution in [0.25, 0.3) is 0 Å². The number of hydrogen-bond donors (Lipinski definition) is 2. The third-order valence-electron chi connectivity index (χ3n) is 2.48. The van der Waals surface area contributed by atoms with Gasteiger partial charge in [0.25, 0.3) is 0 Å². The van der Waals surface area contributed by atoms with Crippen LogP contribution < -0.4 is 5.32 Å². The van der Waals surface area contributed by atoms with Gasteiger partial charge in [-0.1, -0.05) is 13.8 Å². The standard InChI is InChI=1S/C11H15NO3S/c1-4-6(2)10(13)12-8-7(3)5-16-9(8)11(14)15/h5-6H,4H2,1-3H3,(H,12,13)(H,14,15). The Hall–Kier alpha value is -1.36. The van der Waals surface area contributed by atoms with Crippen molar-refractivity contribution in [3.05, 3.63) is 15.8 Å². The zero-order valence-corrected chi connectivity index (χ0v) is 10.4. The van der Waals surface area contributed by atoms with E-state index in [0.29, 0.717) is 5.69 Å². The van der Waals surface area contributed by atoms with Gasteiger partial charge in [-0.05, 0) is 24.3 Å². The van der Waals surface area contributed by atoms with Crippen molar-refractivity contribution < 1.29 is 14.7 Å². The predicted octanol–water partition coefficient (Wildman–Crippen LogP) is 2.74. The number of aromatic carboxylic acids is 1. The third-order valence-corrected chi connectivity index (χ3v) is 3.56. The minimum atomic E-state index is -1.00. The number of aryl methyl sites for hydroxylation is 1. The largest absolute Gasteiger partial charge is 0.477 e. The number of nitrogens with one attached hydrogen (secondary N) is 1. The molecule has 0 bridgehead atoms. The third kappa shape index (κ3) is 2.61. The molecule has 1 rings (SSSR count). The molecule has 1 atom stereocenters. The van der Waals surface area contributed by atoms with Gasteiger partial charge in [0.2, 0.25) is 5.91 Å². The molecule has 0 radical (unpaired) electrons. The maximum Gasteiger partial charge on any atom is 0.348 e. The highest BCUT2D eigenvalue weighted by molar-refractivity contribution is 7.12. The van der Waals surface area contributed by atoms with Crippen LogP contribution in [0.1, 0.15) is 35.5 Å². The fourth-order valence-electron chi connectivity index (χ4n) is 1.19. The van der Waals surface area contributed by atoms with Crippen LogP contribution in [0, 0.1) is 12.8 Å². The molecule has 0 aliphatic rings. The highest BCUT2D eigenvalue weighted by atomic mass is 32.1. The summed E-state index contributed by atoms with van der Waals surface area (Å²) in [6.07, 6.45) is 0.734. The molecule has 1 heterocycles. The molecule has 88 valence electrons. The van der Waals surface area contributed by atoms with E-state index < -0.39 is 5.97 Å². The van der Waals surface area contributed by atoms with Crippen molar-refractivity contribution >= 4 is 28.9 Å². The summed E-state index contributed by atoms with van der Waals surface area (Å²) in [5.41, 5.74) is 1.22. The van der Waals surface area contributed by atoms with E-state index in [1.54, 1.807) is 12.3 Å². The normalized spacial score (nSPS) is 12.2. The zero-order chi connectivity index (χ0) is 12.3. The second kappa shape index (κ2) is 5.12. The lowest BCUT2D eigenvalue weighted by atomic mass is 10.1. The van der Waals surface area contributed by atoms with E-state index in [1.165, 1.54) is 0 Å². The monoisotopic (exact) mass is 241 g/mol. The average Bonchev–Trinajstić information content (AvgIpc) is 2.59. The Kier molecular flexibility index (Phi) is 4.06. The summed E-state index contributed by atoms with van der Waals surface area (Å²) in [6.45, 7) is 5.52. The number of rotatable bonds is 4. The Bertz CT molecular complexity index is 411. The minimum absolute atomic E-state index is 0.110. The molecule has 1 aromatic rings. The second-order valence-corrected chi connectivity index (χ2v) is 4.61. The molecule has 2 N–H and O–H groups in total. The number of thiophene rings is 1. The summed E-state index contributed by atoms with van der Waals surface area (Å²) < 4.78 is 0. The van der Waals surface area contributed by atoms with E-state index >= 15 is 0 Å². The van der Waals surface area contributed by atoms with E-state index in [1.807, 2.05) is 13.8 Å². The molecule has 0 saturated carbocycles. The highest BCUT2D eigenvalue weighted by Crippen LogP contribution is 2.28. The first kappa shape index (κ1) is 12.7. The van der Waals surface area contributed by atoms with E-state index in [2.05, 4.69) is 5.32 Å². The van der Waals surface area contributed by atoms with Crippen molar-refractivity contribution in [2.24, 2.45) is 5.92 Å². The quantitative estimate of drug-likeness (QED) is 0.851. The number of amides is 1. The van der Waals surface area contributed by atoms with Gasteiger partial charge < -0.3 is 10.4 Å². The van der Waals surface area contributed by atoms with Gasteiger partial charge in [-0.2, -0.15) is 0 Å². The molecule has 0 aliphatic carbocycles. The molecule has 0 fully saturated rings. The number of carboxylic acid groups (broad SMARTS) is 1. The summed E-state index contributed by atoms with van der Waals surface area (Å²) in [5.74, 6) is -1.25. The molecule has 1 amide bonds. The van der Waals surface area contributed by atoms with Gasteiger partial charge in [-0.25, -0.2) is 4.79 Å². The summed E-state index contributed by atoms with van der Waals surface area (Å²) in [6, 6.07) is 0. The maximum absolute atomic E-state index is 11.7. The first-order valence-corrected chi connectivity index (χ1v) is 5.97. The SMILES string of the molecule is CCC(C)C(=O)Nc1c(C)csc1C(=O)O. The molecule has 1 aromatic heterocycles. The van der Waals surface area contributed by atoms with Gasteiger partial charge >= 0.3 is 5.97 Å². The molecule has 0 aliphatic heterocycles. The van der Waals surface area contributed by atoms with E-state index in [0.717, 1.165) is 23.3 Å². The summed E-state index contributed by atoms with van der Waals surface area (Å²) >= 11 is 1.13. The summed E-state index contributed by atoms with van der Waals surface area (Å²) in [5, 5.41) is 13.4. The second-order valence-electron chi connectivity index (χ2n) is 3.73. The van der Waals surface area contributed by atoms with Crippen LogP contribution in [-0.2, 0) is 4.79 Å². The highest BCUT2D eigenvalue weighted by Gasteiger charge is 2.19. The van der Waals surface area contributed by atoms with Crippen molar-refractivity contribution in [1.82, 2.24) is 0 Å². The van der Waals surface area contributed by atoms with Crippen molar-refractivity contribution in [3.63, 3.8) is 0 Å². The summed E-state index contributed by atoms with van der Waals surface area (Å²) in [4.78, 5) is 22.8. The predicted molar refractivity (Wildman–Crippen MR) is 64.1 cm³/mol. The lowest BCUT2D eigenvalue weighted by Crippen LogP contribution is -2.20. The number of hydrogen-bond acceptors (Lipinski definition) is 3. The topological polar surface area (TPSA) is 66.4 Å². The fourth-order valence-corrected chi connectivity index (χ4v) is 2.03. The van der Waals surface area contributed by atoms with Crippen LogP contribution in [0.15, 0.2) is 5.38 Å². The van der Waals surface area contributed by atoms with Crippen molar-refractivity contribution in [1.29, 1.82) is 0 Å². The maximum atomic E-state index is 11.7. The minimum Gasteiger partial charge on any atom is -0.477 e. The number of carboxylic acids is 1. The van der Waals surface area contributed by atoms with Crippen LogP contribution in [0.2, 0.25) is 0 Å². The number of carbonyl (C=O) groups excluding carboxylic acids is 1. The van der Waals surface area contributed by atoms with E-state index in [-0.39, 0.29) is 16.7 Å². The lowest BCUT2D eigenvalue weighted by Gasteiger charge is -2.10.